The van der Waals surface area contributed by atoms with Crippen LogP contribution in [0.3, 0.4) is 0 Å². The number of nitrogens with zero attached hydrogens (tertiary/aromatic N) is 1. The fourth-order valence-electron chi connectivity index (χ4n) is 6.64. The molecule has 0 unspecified atom stereocenters. The van der Waals surface area contributed by atoms with Crippen LogP contribution in [-0.2, 0) is 20.8 Å². The molecule has 234 valence electrons. The highest BCUT2D eigenvalue weighted by Crippen LogP contribution is 2.39. The zero-order valence-corrected chi connectivity index (χ0v) is 26.5. The molecule has 2 saturated carbocycles. The molecule has 5 rings (SSSR count). The monoisotopic (exact) mass is 597 g/mol. The molecule has 0 radical (unpaired) electrons. The number of carboxylic acids is 1. The molecule has 0 aliphatic heterocycles. The maximum atomic E-state index is 12.7. The van der Waals surface area contributed by atoms with E-state index >= 15 is 0 Å². The molecule has 2 aliphatic carbocycles. The Morgan fingerprint density at radius 3 is 1.95 bits per heavy atom. The molecule has 7 nitrogen and oxygen atoms in total. The molecule has 1 aromatic heterocycles. The Morgan fingerprint density at radius 2 is 1.43 bits per heavy atom. The Kier molecular flexibility index (Phi) is 11.3. The van der Waals surface area contributed by atoms with Crippen LogP contribution in [-0.4, -0.2) is 33.8 Å². The van der Waals surface area contributed by atoms with Crippen LogP contribution in [0.5, 0.6) is 0 Å². The van der Waals surface area contributed by atoms with Crippen LogP contribution in [0.25, 0.3) is 0 Å². The smallest absolute Gasteiger partial charge is 0.306 e. The lowest BCUT2D eigenvalue weighted by Gasteiger charge is -2.17. The lowest BCUT2D eigenvalue weighted by atomic mass is 9.95. The first kappa shape index (κ1) is 32.9. The number of carboxylic acid groups (broad SMARTS) is 1. The maximum Gasteiger partial charge on any atom is 0.306 e. The number of nitrogens with two attached hydrogens (primary N) is 1. The van der Waals surface area contributed by atoms with Gasteiger partial charge in [-0.3, -0.25) is 14.4 Å². The summed E-state index contributed by atoms with van der Waals surface area (Å²) in [7, 11) is 0. The van der Waals surface area contributed by atoms with Crippen LogP contribution < -0.4 is 11.1 Å². The van der Waals surface area contributed by atoms with Gasteiger partial charge in [0.15, 0.2) is 5.78 Å². The molecule has 4 N–H and O–H groups in total. The Labute approximate surface area is 261 Å². The Morgan fingerprint density at radius 1 is 0.864 bits per heavy atom. The lowest BCUT2D eigenvalue weighted by molar-refractivity contribution is -0.141. The number of ketones is 1. The van der Waals surface area contributed by atoms with Crippen molar-refractivity contribution in [2.75, 3.05) is 5.73 Å². The molecule has 3 aromatic rings. The van der Waals surface area contributed by atoms with Gasteiger partial charge >= 0.3 is 5.97 Å². The fraction of sp³-hybridized carbons (Fsp3) is 0.459. The van der Waals surface area contributed by atoms with E-state index in [0.29, 0.717) is 30.5 Å². The summed E-state index contributed by atoms with van der Waals surface area (Å²) in [4.78, 5) is 40.3. The number of aliphatic carboxylic acids is 1. The number of hydrogen-bond donors (Lipinski definition) is 3. The van der Waals surface area contributed by atoms with Crippen molar-refractivity contribution in [2.45, 2.75) is 96.9 Å². The van der Waals surface area contributed by atoms with Gasteiger partial charge in [-0.15, -0.1) is 0 Å². The maximum absolute atomic E-state index is 12.7. The van der Waals surface area contributed by atoms with Gasteiger partial charge in [-0.1, -0.05) is 65.7 Å². The zero-order valence-electron chi connectivity index (χ0n) is 26.5. The van der Waals surface area contributed by atoms with Crippen LogP contribution in [0.4, 0.5) is 5.82 Å². The largest absolute Gasteiger partial charge is 0.481 e. The summed E-state index contributed by atoms with van der Waals surface area (Å²) in [5.41, 5.74) is 12.7. The number of anilines is 1. The molecule has 1 heterocycles. The number of hydrogen-bond acceptors (Lipinski definition) is 5. The highest BCUT2D eigenvalue weighted by atomic mass is 16.4. The molecule has 2 aliphatic rings. The van der Waals surface area contributed by atoms with E-state index in [0.717, 1.165) is 49.8 Å². The van der Waals surface area contributed by atoms with E-state index < -0.39 is 12.0 Å². The third-order valence-corrected chi connectivity index (χ3v) is 9.31. The number of amides is 1. The van der Waals surface area contributed by atoms with Gasteiger partial charge in [-0.05, 0) is 107 Å². The first-order valence-electron chi connectivity index (χ1n) is 15.9. The van der Waals surface area contributed by atoms with Gasteiger partial charge in [0.1, 0.15) is 5.82 Å². The summed E-state index contributed by atoms with van der Waals surface area (Å²) in [5.74, 6) is 0.636. The highest BCUT2D eigenvalue weighted by Gasteiger charge is 2.32. The molecule has 7 heteroatoms. The number of benzene rings is 2. The third-order valence-electron chi connectivity index (χ3n) is 9.31. The second-order valence-corrected chi connectivity index (χ2v) is 12.8. The molecule has 1 amide bonds. The van der Waals surface area contributed by atoms with Gasteiger partial charge in [-0.25, -0.2) is 4.98 Å². The quantitative estimate of drug-likeness (QED) is 0.248. The number of carbonyl (C=O) groups is 3. The Hall–Kier alpha value is -4.00. The summed E-state index contributed by atoms with van der Waals surface area (Å²) < 4.78 is 0. The number of aryl methyl sites for hydroxylation is 4. The van der Waals surface area contributed by atoms with Crippen LogP contribution in [0, 0.1) is 32.6 Å². The van der Waals surface area contributed by atoms with Crippen LogP contribution in [0.1, 0.15) is 97.2 Å². The van der Waals surface area contributed by atoms with Crippen molar-refractivity contribution in [3.05, 3.63) is 94.2 Å². The summed E-state index contributed by atoms with van der Waals surface area (Å²) >= 11 is 0. The highest BCUT2D eigenvalue weighted by molar-refractivity contribution is 5.89. The van der Waals surface area contributed by atoms with Gasteiger partial charge < -0.3 is 16.2 Å². The summed E-state index contributed by atoms with van der Waals surface area (Å²) in [6.07, 6.45) is 6.38. The van der Waals surface area contributed by atoms with E-state index in [1.54, 1.807) is 13.0 Å². The molecular weight excluding hydrogens is 550 g/mol. The SMILES string of the molecule is Cc1cccc([C@H]2CC[C@@H](C(=O)N[C@@H](C)C(=O)CCc3ccc(N)nc3C)C2)c1.Cc1cccc([C@H]2CC[C@@H](C(=O)O)C2)c1. The normalized spacial score (nSPS) is 21.6. The van der Waals surface area contributed by atoms with Crippen molar-refractivity contribution in [3.63, 3.8) is 0 Å². The Balaban J connectivity index is 0.000000246. The van der Waals surface area contributed by atoms with E-state index in [-0.39, 0.29) is 23.5 Å². The topological polar surface area (TPSA) is 122 Å². The van der Waals surface area contributed by atoms with Crippen molar-refractivity contribution in [1.82, 2.24) is 10.3 Å². The summed E-state index contributed by atoms with van der Waals surface area (Å²) in [6.45, 7) is 7.85. The van der Waals surface area contributed by atoms with Gasteiger partial charge in [0.2, 0.25) is 5.91 Å². The number of nitrogens with one attached hydrogen (secondary N) is 1. The summed E-state index contributed by atoms with van der Waals surface area (Å²) in [6, 6.07) is 20.2. The minimum absolute atomic E-state index is 0.00587. The second kappa shape index (κ2) is 15.1. The molecule has 0 spiro atoms. The van der Waals surface area contributed by atoms with Crippen molar-refractivity contribution in [3.8, 4) is 0 Å². The number of nitrogen functional groups attached to an aromatic ring is 1. The molecule has 44 heavy (non-hydrogen) atoms. The van der Waals surface area contributed by atoms with Crippen LogP contribution in [0.15, 0.2) is 60.7 Å². The molecule has 2 fully saturated rings. The van der Waals surface area contributed by atoms with E-state index in [9.17, 15) is 14.4 Å². The Bertz CT molecular complexity index is 1470. The van der Waals surface area contributed by atoms with E-state index in [2.05, 4.69) is 72.7 Å². The molecule has 5 atom stereocenters. The van der Waals surface area contributed by atoms with Gasteiger partial charge in [0, 0.05) is 18.0 Å². The third kappa shape index (κ3) is 9.01. The zero-order chi connectivity index (χ0) is 31.8. The first-order chi connectivity index (χ1) is 21.0. The van der Waals surface area contributed by atoms with E-state index in [4.69, 9.17) is 10.8 Å². The van der Waals surface area contributed by atoms with Crippen molar-refractivity contribution in [1.29, 1.82) is 0 Å². The first-order valence-corrected chi connectivity index (χ1v) is 15.9. The van der Waals surface area contributed by atoms with Crippen LogP contribution >= 0.6 is 0 Å². The minimum Gasteiger partial charge on any atom is -0.481 e. The van der Waals surface area contributed by atoms with Crippen molar-refractivity contribution in [2.24, 2.45) is 11.8 Å². The number of carbonyl (C=O) groups excluding carboxylic acids is 2. The van der Waals surface area contributed by atoms with Crippen LogP contribution in [0.2, 0.25) is 0 Å². The average molecular weight is 598 g/mol. The summed E-state index contributed by atoms with van der Waals surface area (Å²) in [5, 5.41) is 11.9. The molecule has 2 aromatic carbocycles. The van der Waals surface area contributed by atoms with Gasteiger partial charge in [0.05, 0.1) is 12.0 Å². The van der Waals surface area contributed by atoms with E-state index in [1.165, 1.54) is 22.3 Å². The number of aromatic nitrogens is 1. The molecule has 0 saturated heterocycles. The minimum atomic E-state index is -0.634. The van der Waals surface area contributed by atoms with Gasteiger partial charge in [0.25, 0.3) is 0 Å². The molecule has 0 bridgehead atoms. The average Bonchev–Trinajstić information content (AvgIpc) is 3.68. The predicted octanol–water partition coefficient (Wildman–Crippen LogP) is 6.83. The fourth-order valence-corrected chi connectivity index (χ4v) is 6.64. The second-order valence-electron chi connectivity index (χ2n) is 12.8. The number of pyridine rings is 1. The van der Waals surface area contributed by atoms with Gasteiger partial charge in [-0.2, -0.15) is 0 Å². The van der Waals surface area contributed by atoms with Crippen molar-refractivity contribution >= 4 is 23.5 Å². The van der Waals surface area contributed by atoms with E-state index in [1.807, 2.05) is 13.0 Å². The van der Waals surface area contributed by atoms with Crippen molar-refractivity contribution < 1.29 is 19.5 Å². The number of rotatable bonds is 9. The lowest BCUT2D eigenvalue weighted by Crippen LogP contribution is -2.41. The standard InChI is InChI=1S/C24H31N3O2.C13H16O2/c1-15-5-4-6-19(13-15)20-7-8-21(14-20)24(29)27-17(3)22(28)11-9-18-10-12-23(25)26-16(18)2;1-9-3-2-4-10(7-9)11-5-6-12(8-11)13(14)15/h4-6,10,12-13,17,20-21H,7-9,11,14H2,1-3H3,(H2,25,26)(H,27,29);2-4,7,11-12H,5-6,8H2,1H3,(H,14,15)/t17-,20-,21+;11-,12+/m00/s1. The molecular formula is C37H47N3O4. The predicted molar refractivity (Wildman–Crippen MR) is 174 cm³/mol. The number of Topliss-reactive ketones (excluding diaryl/α,β-unsaturated/α-hetero) is 1.